The molecule has 2 heterocycles. The van der Waals surface area contributed by atoms with E-state index in [1.165, 1.54) is 32.1 Å². The first-order valence-corrected chi connectivity index (χ1v) is 8.73. The lowest BCUT2D eigenvalue weighted by Gasteiger charge is -2.24. The third-order valence-corrected chi connectivity index (χ3v) is 4.82. The summed E-state index contributed by atoms with van der Waals surface area (Å²) in [5, 5.41) is 3.77. The minimum atomic E-state index is 0.531. The van der Waals surface area contributed by atoms with Gasteiger partial charge in [-0.05, 0) is 37.1 Å². The molecular weight excluding hydrogens is 298 g/mol. The Labute approximate surface area is 142 Å². The second-order valence-corrected chi connectivity index (χ2v) is 6.45. The second-order valence-electron chi connectivity index (χ2n) is 6.45. The van der Waals surface area contributed by atoms with Crippen LogP contribution in [0.15, 0.2) is 48.7 Å². The van der Waals surface area contributed by atoms with E-state index < -0.39 is 0 Å². The fourth-order valence-electron chi connectivity index (χ4n) is 3.55. The van der Waals surface area contributed by atoms with Crippen molar-refractivity contribution >= 4 is 11.5 Å². The smallest absolute Gasteiger partial charge is 0.139 e. The number of imidazole rings is 1. The minimum Gasteiger partial charge on any atom is -0.497 e. The summed E-state index contributed by atoms with van der Waals surface area (Å²) in [6.45, 7) is 0. The lowest BCUT2D eigenvalue weighted by molar-refractivity contribution is 0.415. The number of hydrogen-bond donors (Lipinski definition) is 1. The van der Waals surface area contributed by atoms with Crippen LogP contribution in [-0.4, -0.2) is 22.5 Å². The predicted octanol–water partition coefficient (Wildman–Crippen LogP) is 4.75. The van der Waals surface area contributed by atoms with Crippen molar-refractivity contribution in [3.05, 3.63) is 48.7 Å². The minimum absolute atomic E-state index is 0.531. The standard InChI is InChI=1S/C20H23N3O/c1-24-17-11-7-8-15(14-17)19-20(21-16-9-3-2-4-10-16)23-13-6-5-12-18(23)22-19/h5-8,11-14,16,21H,2-4,9-10H2,1H3. The molecule has 0 saturated heterocycles. The Hall–Kier alpha value is -2.49. The number of aromatic nitrogens is 2. The third kappa shape index (κ3) is 2.84. The lowest BCUT2D eigenvalue weighted by atomic mass is 9.95. The molecule has 24 heavy (non-hydrogen) atoms. The van der Waals surface area contributed by atoms with Gasteiger partial charge in [-0.2, -0.15) is 0 Å². The normalized spacial score (nSPS) is 15.5. The van der Waals surface area contributed by atoms with Crippen LogP contribution in [0.2, 0.25) is 0 Å². The van der Waals surface area contributed by atoms with Gasteiger partial charge in [0.05, 0.1) is 7.11 Å². The number of benzene rings is 1. The average molecular weight is 321 g/mol. The van der Waals surface area contributed by atoms with E-state index in [9.17, 15) is 0 Å². The molecule has 1 aromatic carbocycles. The second kappa shape index (κ2) is 6.56. The zero-order valence-corrected chi connectivity index (χ0v) is 14.0. The Morgan fingerprint density at radius 1 is 1.08 bits per heavy atom. The molecule has 1 N–H and O–H groups in total. The largest absolute Gasteiger partial charge is 0.497 e. The molecule has 0 radical (unpaired) electrons. The van der Waals surface area contributed by atoms with Gasteiger partial charge in [0.15, 0.2) is 0 Å². The van der Waals surface area contributed by atoms with E-state index in [0.29, 0.717) is 6.04 Å². The van der Waals surface area contributed by atoms with Crippen molar-refractivity contribution in [2.24, 2.45) is 0 Å². The number of nitrogens with zero attached hydrogens (tertiary/aromatic N) is 2. The summed E-state index contributed by atoms with van der Waals surface area (Å²) >= 11 is 0. The quantitative estimate of drug-likeness (QED) is 0.753. The number of hydrogen-bond acceptors (Lipinski definition) is 3. The molecule has 1 aliphatic carbocycles. The summed E-state index contributed by atoms with van der Waals surface area (Å²) in [4.78, 5) is 4.87. The Morgan fingerprint density at radius 2 is 1.96 bits per heavy atom. The Bertz CT molecular complexity index is 834. The van der Waals surface area contributed by atoms with Crippen molar-refractivity contribution in [2.75, 3.05) is 12.4 Å². The Kier molecular flexibility index (Phi) is 4.11. The van der Waals surface area contributed by atoms with Gasteiger partial charge in [-0.3, -0.25) is 4.40 Å². The molecule has 3 aromatic rings. The summed E-state index contributed by atoms with van der Waals surface area (Å²) in [7, 11) is 1.70. The van der Waals surface area contributed by atoms with Crippen LogP contribution in [0.3, 0.4) is 0 Å². The molecule has 0 atom stereocenters. The molecule has 4 rings (SSSR count). The summed E-state index contributed by atoms with van der Waals surface area (Å²) in [6.07, 6.45) is 8.52. The van der Waals surface area contributed by atoms with Crippen molar-refractivity contribution < 1.29 is 4.74 Å². The predicted molar refractivity (Wildman–Crippen MR) is 97.7 cm³/mol. The highest BCUT2D eigenvalue weighted by Gasteiger charge is 2.19. The van der Waals surface area contributed by atoms with Gasteiger partial charge in [-0.15, -0.1) is 0 Å². The van der Waals surface area contributed by atoms with Crippen LogP contribution < -0.4 is 10.1 Å². The zero-order valence-electron chi connectivity index (χ0n) is 14.0. The zero-order chi connectivity index (χ0) is 16.4. The van der Waals surface area contributed by atoms with Gasteiger partial charge in [-0.25, -0.2) is 4.98 Å². The van der Waals surface area contributed by atoms with Gasteiger partial charge in [0.25, 0.3) is 0 Å². The molecule has 4 heteroatoms. The van der Waals surface area contributed by atoms with Crippen molar-refractivity contribution in [1.29, 1.82) is 0 Å². The molecule has 1 aliphatic rings. The number of rotatable bonds is 4. The maximum Gasteiger partial charge on any atom is 0.139 e. The number of nitrogens with one attached hydrogen (secondary N) is 1. The fraction of sp³-hybridized carbons (Fsp3) is 0.350. The lowest BCUT2D eigenvalue weighted by Crippen LogP contribution is -2.23. The first-order valence-electron chi connectivity index (χ1n) is 8.73. The van der Waals surface area contributed by atoms with Crippen LogP contribution >= 0.6 is 0 Å². The number of methoxy groups -OCH3 is 1. The highest BCUT2D eigenvalue weighted by atomic mass is 16.5. The van der Waals surface area contributed by atoms with Crippen molar-refractivity contribution in [1.82, 2.24) is 9.38 Å². The number of ether oxygens (including phenoxy) is 1. The Balaban J connectivity index is 1.79. The molecule has 4 nitrogen and oxygen atoms in total. The highest BCUT2D eigenvalue weighted by Crippen LogP contribution is 2.32. The molecule has 0 aliphatic heterocycles. The Morgan fingerprint density at radius 3 is 2.79 bits per heavy atom. The van der Waals surface area contributed by atoms with Crippen LogP contribution in [0.1, 0.15) is 32.1 Å². The first-order chi connectivity index (χ1) is 11.8. The van der Waals surface area contributed by atoms with Gasteiger partial charge < -0.3 is 10.1 Å². The van der Waals surface area contributed by atoms with E-state index in [2.05, 4.69) is 34.1 Å². The summed E-state index contributed by atoms with van der Waals surface area (Å²) in [5.41, 5.74) is 3.04. The number of fused-ring (bicyclic) bond motifs is 1. The SMILES string of the molecule is COc1cccc(-c2nc3ccccn3c2NC2CCCCC2)c1. The molecule has 0 spiro atoms. The summed E-state index contributed by atoms with van der Waals surface area (Å²) < 4.78 is 7.54. The van der Waals surface area contributed by atoms with Crippen LogP contribution in [0, 0.1) is 0 Å². The van der Waals surface area contributed by atoms with Crippen LogP contribution in [0.25, 0.3) is 16.9 Å². The molecule has 124 valence electrons. The fourth-order valence-corrected chi connectivity index (χ4v) is 3.55. The van der Waals surface area contributed by atoms with Crippen LogP contribution in [-0.2, 0) is 0 Å². The van der Waals surface area contributed by atoms with E-state index >= 15 is 0 Å². The molecule has 0 bridgehead atoms. The average Bonchev–Trinajstić information content (AvgIpc) is 3.01. The van der Waals surface area contributed by atoms with E-state index in [0.717, 1.165) is 28.5 Å². The topological polar surface area (TPSA) is 38.6 Å². The van der Waals surface area contributed by atoms with E-state index in [-0.39, 0.29) is 0 Å². The van der Waals surface area contributed by atoms with E-state index in [1.807, 2.05) is 24.3 Å². The monoisotopic (exact) mass is 321 g/mol. The van der Waals surface area contributed by atoms with Gasteiger partial charge in [0.1, 0.15) is 22.9 Å². The van der Waals surface area contributed by atoms with E-state index in [4.69, 9.17) is 9.72 Å². The molecule has 1 fully saturated rings. The van der Waals surface area contributed by atoms with E-state index in [1.54, 1.807) is 7.11 Å². The van der Waals surface area contributed by atoms with Gasteiger partial charge >= 0.3 is 0 Å². The van der Waals surface area contributed by atoms with Crippen molar-refractivity contribution in [2.45, 2.75) is 38.1 Å². The maximum absolute atomic E-state index is 5.39. The van der Waals surface area contributed by atoms with Crippen molar-refractivity contribution in [3.63, 3.8) is 0 Å². The molecule has 0 amide bonds. The number of pyridine rings is 1. The first kappa shape index (κ1) is 15.1. The number of anilines is 1. The van der Waals surface area contributed by atoms with Gasteiger partial charge in [0, 0.05) is 17.8 Å². The maximum atomic E-state index is 5.39. The summed E-state index contributed by atoms with van der Waals surface area (Å²) in [6, 6.07) is 14.8. The van der Waals surface area contributed by atoms with Gasteiger partial charge in [0.2, 0.25) is 0 Å². The highest BCUT2D eigenvalue weighted by molar-refractivity contribution is 5.77. The molecule has 2 aromatic heterocycles. The molecule has 1 saturated carbocycles. The summed E-state index contributed by atoms with van der Waals surface area (Å²) in [5.74, 6) is 1.94. The molecular formula is C20H23N3O. The third-order valence-electron chi connectivity index (χ3n) is 4.82. The molecule has 0 unspecified atom stereocenters. The van der Waals surface area contributed by atoms with Crippen molar-refractivity contribution in [3.8, 4) is 17.0 Å². The van der Waals surface area contributed by atoms with Crippen LogP contribution in [0.5, 0.6) is 5.75 Å². The van der Waals surface area contributed by atoms with Gasteiger partial charge in [-0.1, -0.05) is 37.5 Å². The van der Waals surface area contributed by atoms with Crippen LogP contribution in [0.4, 0.5) is 5.82 Å².